The van der Waals surface area contributed by atoms with E-state index >= 15 is 0 Å². The summed E-state index contributed by atoms with van der Waals surface area (Å²) >= 11 is 0. The van der Waals surface area contributed by atoms with E-state index in [1.807, 2.05) is 0 Å². The van der Waals surface area contributed by atoms with Gasteiger partial charge in [0.1, 0.15) is 17.3 Å². The Morgan fingerprint density at radius 2 is 2.00 bits per heavy atom. The molecule has 10 heteroatoms. The van der Waals surface area contributed by atoms with Gasteiger partial charge in [-0.1, -0.05) is 0 Å². The monoisotopic (exact) mass is 403 g/mol. The van der Waals surface area contributed by atoms with Crippen molar-refractivity contribution in [2.75, 3.05) is 31.0 Å². The highest BCUT2D eigenvalue weighted by Crippen LogP contribution is 2.36. The van der Waals surface area contributed by atoms with Gasteiger partial charge in [-0.05, 0) is 18.2 Å². The van der Waals surface area contributed by atoms with Crippen LogP contribution in [0.4, 0.5) is 21.5 Å². The third-order valence-corrected chi connectivity index (χ3v) is 4.59. The Balaban J connectivity index is 1.80. The van der Waals surface area contributed by atoms with Crippen LogP contribution in [0.2, 0.25) is 0 Å². The van der Waals surface area contributed by atoms with Gasteiger partial charge < -0.3 is 19.7 Å². The van der Waals surface area contributed by atoms with Crippen molar-refractivity contribution in [2.24, 2.45) is 5.92 Å². The molecule has 1 aliphatic rings. The second-order valence-corrected chi connectivity index (χ2v) is 6.35. The van der Waals surface area contributed by atoms with Gasteiger partial charge in [0.25, 0.3) is 5.69 Å². The third kappa shape index (κ3) is 4.10. The molecule has 29 heavy (non-hydrogen) atoms. The second-order valence-electron chi connectivity index (χ2n) is 6.35. The normalized spacial score (nSPS) is 15.9. The van der Waals surface area contributed by atoms with E-state index in [0.717, 1.165) is 18.2 Å². The molecule has 9 nitrogen and oxygen atoms in total. The standard InChI is InChI=1S/C19H18FN3O6/c1-28-13-4-6-17(29-2)16(9-13)22-10-11(7-18(22)24)19(25)21-15-8-12(23(26)27)3-5-14(15)20/h3-6,8-9,11H,7,10H2,1-2H3,(H,21,25)/t11-/m0/s1. The molecule has 0 radical (unpaired) electrons. The van der Waals surface area contributed by atoms with Crippen LogP contribution in [0.3, 0.4) is 0 Å². The highest BCUT2D eigenvalue weighted by Gasteiger charge is 2.37. The van der Waals surface area contributed by atoms with Gasteiger partial charge in [0.05, 0.1) is 36.4 Å². The van der Waals surface area contributed by atoms with Crippen LogP contribution in [0.1, 0.15) is 6.42 Å². The maximum atomic E-state index is 13.9. The van der Waals surface area contributed by atoms with Crippen molar-refractivity contribution in [3.8, 4) is 11.5 Å². The molecular weight excluding hydrogens is 385 g/mol. The average molecular weight is 403 g/mol. The predicted molar refractivity (Wildman–Crippen MR) is 102 cm³/mol. The van der Waals surface area contributed by atoms with E-state index in [-0.39, 0.29) is 30.2 Å². The number of anilines is 2. The molecule has 1 aliphatic heterocycles. The van der Waals surface area contributed by atoms with E-state index in [1.165, 1.54) is 19.1 Å². The van der Waals surface area contributed by atoms with Crippen LogP contribution >= 0.6 is 0 Å². The molecule has 1 N–H and O–H groups in total. The van der Waals surface area contributed by atoms with Crippen molar-refractivity contribution in [3.63, 3.8) is 0 Å². The summed E-state index contributed by atoms with van der Waals surface area (Å²) in [5.41, 5.74) is -0.213. The minimum Gasteiger partial charge on any atom is -0.497 e. The number of non-ortho nitro benzene ring substituents is 1. The van der Waals surface area contributed by atoms with Crippen molar-refractivity contribution in [1.82, 2.24) is 0 Å². The number of carbonyl (C=O) groups excluding carboxylic acids is 2. The topological polar surface area (TPSA) is 111 Å². The lowest BCUT2D eigenvalue weighted by Gasteiger charge is -2.20. The Bertz CT molecular complexity index is 980. The predicted octanol–water partition coefficient (Wildman–Crippen LogP) is 2.74. The lowest BCUT2D eigenvalue weighted by molar-refractivity contribution is -0.384. The van der Waals surface area contributed by atoms with E-state index < -0.39 is 22.6 Å². The molecule has 0 aliphatic carbocycles. The zero-order chi connectivity index (χ0) is 21.1. The van der Waals surface area contributed by atoms with Gasteiger partial charge in [0.15, 0.2) is 0 Å². The van der Waals surface area contributed by atoms with Gasteiger partial charge in [-0.3, -0.25) is 19.7 Å². The maximum Gasteiger partial charge on any atom is 0.271 e. The summed E-state index contributed by atoms with van der Waals surface area (Å²) in [7, 11) is 2.95. The van der Waals surface area contributed by atoms with Crippen LogP contribution in [0.25, 0.3) is 0 Å². The maximum absolute atomic E-state index is 13.9. The second kappa shape index (κ2) is 8.13. The van der Waals surface area contributed by atoms with Crippen molar-refractivity contribution in [3.05, 3.63) is 52.3 Å². The van der Waals surface area contributed by atoms with E-state index in [9.17, 15) is 24.1 Å². The molecule has 0 spiro atoms. The lowest BCUT2D eigenvalue weighted by atomic mass is 10.1. The number of ether oxygens (including phenoxy) is 2. The molecule has 2 aromatic carbocycles. The van der Waals surface area contributed by atoms with Crippen LogP contribution < -0.4 is 19.7 Å². The minimum atomic E-state index is -0.806. The van der Waals surface area contributed by atoms with Crippen LogP contribution in [0.5, 0.6) is 11.5 Å². The first kappa shape index (κ1) is 20.1. The fraction of sp³-hybridized carbons (Fsp3) is 0.263. The number of methoxy groups -OCH3 is 2. The number of hydrogen-bond acceptors (Lipinski definition) is 6. The van der Waals surface area contributed by atoms with Gasteiger partial charge in [-0.25, -0.2) is 4.39 Å². The van der Waals surface area contributed by atoms with Crippen LogP contribution in [0.15, 0.2) is 36.4 Å². The largest absolute Gasteiger partial charge is 0.497 e. The molecule has 0 bridgehead atoms. The van der Waals surface area contributed by atoms with Crippen molar-refractivity contribution in [2.45, 2.75) is 6.42 Å². The van der Waals surface area contributed by atoms with Crippen molar-refractivity contribution >= 4 is 28.9 Å². The number of nitro groups is 1. The van der Waals surface area contributed by atoms with E-state index in [2.05, 4.69) is 5.32 Å². The number of amides is 2. The van der Waals surface area contributed by atoms with E-state index in [4.69, 9.17) is 9.47 Å². The quantitative estimate of drug-likeness (QED) is 0.586. The molecule has 2 amide bonds. The smallest absolute Gasteiger partial charge is 0.271 e. The number of benzene rings is 2. The number of nitrogens with one attached hydrogen (secondary N) is 1. The molecule has 1 saturated heterocycles. The first-order valence-corrected chi connectivity index (χ1v) is 8.61. The Kier molecular flexibility index (Phi) is 5.62. The first-order chi connectivity index (χ1) is 13.8. The molecule has 1 atom stereocenters. The molecule has 3 rings (SSSR count). The zero-order valence-electron chi connectivity index (χ0n) is 15.7. The van der Waals surface area contributed by atoms with Gasteiger partial charge in [-0.2, -0.15) is 0 Å². The van der Waals surface area contributed by atoms with E-state index in [0.29, 0.717) is 17.2 Å². The zero-order valence-corrected chi connectivity index (χ0v) is 15.7. The summed E-state index contributed by atoms with van der Waals surface area (Å²) in [4.78, 5) is 36.6. The van der Waals surface area contributed by atoms with Crippen molar-refractivity contribution < 1.29 is 28.4 Å². The molecule has 1 heterocycles. The molecule has 2 aromatic rings. The Hall–Kier alpha value is -3.69. The van der Waals surface area contributed by atoms with Crippen LogP contribution in [-0.2, 0) is 9.59 Å². The summed E-state index contributed by atoms with van der Waals surface area (Å²) in [6.07, 6.45) is -0.0945. The summed E-state index contributed by atoms with van der Waals surface area (Å²) in [5.74, 6) is -1.54. The number of halogens is 1. The first-order valence-electron chi connectivity index (χ1n) is 8.61. The van der Waals surface area contributed by atoms with Gasteiger partial charge in [0.2, 0.25) is 11.8 Å². The number of nitrogens with zero attached hydrogens (tertiary/aromatic N) is 2. The highest BCUT2D eigenvalue weighted by molar-refractivity contribution is 6.04. The Labute approximate surface area is 165 Å². The average Bonchev–Trinajstić information content (AvgIpc) is 3.10. The summed E-state index contributed by atoms with van der Waals surface area (Å²) in [6.45, 7) is 0.0464. The SMILES string of the molecule is COc1ccc(OC)c(N2C[C@@H](C(=O)Nc3cc([N+](=O)[O-])ccc3F)CC2=O)c1. The molecule has 152 valence electrons. The summed E-state index contributed by atoms with van der Waals surface area (Å²) in [5, 5.41) is 13.2. The summed E-state index contributed by atoms with van der Waals surface area (Å²) < 4.78 is 24.4. The summed E-state index contributed by atoms with van der Waals surface area (Å²) in [6, 6.07) is 7.79. The third-order valence-electron chi connectivity index (χ3n) is 4.59. The number of carbonyl (C=O) groups is 2. The Morgan fingerprint density at radius 3 is 2.66 bits per heavy atom. The van der Waals surface area contributed by atoms with Gasteiger partial charge >= 0.3 is 0 Å². The number of hydrogen-bond donors (Lipinski definition) is 1. The molecule has 0 aromatic heterocycles. The van der Waals surface area contributed by atoms with Gasteiger partial charge in [-0.15, -0.1) is 0 Å². The Morgan fingerprint density at radius 1 is 1.24 bits per heavy atom. The number of nitro benzene ring substituents is 1. The molecule has 1 fully saturated rings. The molecule has 0 unspecified atom stereocenters. The van der Waals surface area contributed by atoms with Gasteiger partial charge in [0, 0.05) is 31.2 Å². The number of rotatable bonds is 6. The fourth-order valence-electron chi connectivity index (χ4n) is 3.08. The fourth-order valence-corrected chi connectivity index (χ4v) is 3.08. The van der Waals surface area contributed by atoms with Crippen molar-refractivity contribution in [1.29, 1.82) is 0 Å². The lowest BCUT2D eigenvalue weighted by Crippen LogP contribution is -2.28. The molecule has 0 saturated carbocycles. The molecular formula is C19H18FN3O6. The minimum absolute atomic E-state index is 0.0464. The van der Waals surface area contributed by atoms with E-state index in [1.54, 1.807) is 18.2 Å². The van der Waals surface area contributed by atoms with Crippen LogP contribution in [-0.4, -0.2) is 37.5 Å². The van der Waals surface area contributed by atoms with Crippen LogP contribution in [0, 0.1) is 21.8 Å². The highest BCUT2D eigenvalue weighted by atomic mass is 19.1.